The molecule has 0 radical (unpaired) electrons. The number of methoxy groups -OCH3 is 1. The van der Waals surface area contributed by atoms with Crippen molar-refractivity contribution in [3.8, 4) is 0 Å². The Morgan fingerprint density at radius 2 is 2.32 bits per heavy atom. The lowest BCUT2D eigenvalue weighted by molar-refractivity contribution is -0.142. The summed E-state index contributed by atoms with van der Waals surface area (Å²) in [7, 11) is -2.07. The van der Waals surface area contributed by atoms with Crippen molar-refractivity contribution in [2.45, 2.75) is 31.7 Å². The van der Waals surface area contributed by atoms with Crippen LogP contribution in [0.1, 0.15) is 37.5 Å². The van der Waals surface area contributed by atoms with E-state index in [0.29, 0.717) is 18.8 Å². The van der Waals surface area contributed by atoms with Gasteiger partial charge in [-0.3, -0.25) is 4.79 Å². The van der Waals surface area contributed by atoms with E-state index in [4.69, 9.17) is 0 Å². The number of imidazole rings is 1. The molecule has 0 aromatic carbocycles. The van der Waals surface area contributed by atoms with E-state index in [0.717, 1.165) is 19.3 Å². The minimum absolute atomic E-state index is 0.0178. The van der Waals surface area contributed by atoms with Crippen LogP contribution < -0.4 is 0 Å². The van der Waals surface area contributed by atoms with Gasteiger partial charge in [0.15, 0.2) is 0 Å². The van der Waals surface area contributed by atoms with Gasteiger partial charge in [-0.1, -0.05) is 6.42 Å². The van der Waals surface area contributed by atoms with Crippen LogP contribution in [0.5, 0.6) is 0 Å². The number of rotatable bonds is 5. The largest absolute Gasteiger partial charge is 0.469 e. The molecule has 2 aliphatic rings. The predicted octanol–water partition coefficient (Wildman–Crippen LogP) is 1.08. The van der Waals surface area contributed by atoms with Gasteiger partial charge in [0.2, 0.25) is 10.0 Å². The molecule has 1 N–H and O–H groups in total. The number of esters is 1. The van der Waals surface area contributed by atoms with Gasteiger partial charge in [-0.05, 0) is 25.2 Å². The van der Waals surface area contributed by atoms with Crippen LogP contribution in [0.4, 0.5) is 0 Å². The summed E-state index contributed by atoms with van der Waals surface area (Å²) < 4.78 is 31.7. The van der Waals surface area contributed by atoms with Gasteiger partial charge in [0.1, 0.15) is 5.82 Å². The molecule has 1 aromatic heterocycles. The number of nitrogens with zero attached hydrogens (tertiary/aromatic N) is 2. The fourth-order valence-electron chi connectivity index (χ4n) is 3.21. The molecule has 8 heteroatoms. The topological polar surface area (TPSA) is 92.4 Å². The summed E-state index contributed by atoms with van der Waals surface area (Å²) in [6, 6.07) is -0.218. The molecule has 1 saturated heterocycles. The molecule has 3 rings (SSSR count). The summed E-state index contributed by atoms with van der Waals surface area (Å²) in [5.41, 5.74) is 0. The first-order valence-electron chi connectivity index (χ1n) is 7.59. The lowest BCUT2D eigenvalue weighted by Crippen LogP contribution is -2.40. The molecule has 0 spiro atoms. The second-order valence-corrected chi connectivity index (χ2v) is 7.97. The summed E-state index contributed by atoms with van der Waals surface area (Å²) in [4.78, 5) is 18.7. The molecule has 1 saturated carbocycles. The number of aromatic nitrogens is 2. The second kappa shape index (κ2) is 6.00. The third kappa shape index (κ3) is 3.03. The molecule has 0 bridgehead atoms. The van der Waals surface area contributed by atoms with Crippen molar-refractivity contribution in [1.82, 2.24) is 14.3 Å². The zero-order valence-electron chi connectivity index (χ0n) is 12.6. The number of ether oxygens (including phenoxy) is 1. The van der Waals surface area contributed by atoms with E-state index in [9.17, 15) is 13.2 Å². The van der Waals surface area contributed by atoms with E-state index in [-0.39, 0.29) is 29.6 Å². The molecule has 1 aromatic rings. The number of carbonyl (C=O) groups excluding carboxylic acids is 1. The quantitative estimate of drug-likeness (QED) is 0.817. The Kier molecular flexibility index (Phi) is 4.22. The molecule has 3 atom stereocenters. The summed E-state index contributed by atoms with van der Waals surface area (Å²) in [6.07, 6.45) is 6.59. The minimum Gasteiger partial charge on any atom is -0.469 e. The molecule has 122 valence electrons. The van der Waals surface area contributed by atoms with Gasteiger partial charge in [-0.25, -0.2) is 13.4 Å². The van der Waals surface area contributed by atoms with Crippen LogP contribution >= 0.6 is 0 Å². The van der Waals surface area contributed by atoms with Gasteiger partial charge in [-0.15, -0.1) is 0 Å². The lowest BCUT2D eigenvalue weighted by Gasteiger charge is -2.33. The van der Waals surface area contributed by atoms with Crippen LogP contribution in [0.25, 0.3) is 0 Å². The average molecular weight is 327 g/mol. The van der Waals surface area contributed by atoms with Crippen LogP contribution in [0.3, 0.4) is 0 Å². The van der Waals surface area contributed by atoms with Gasteiger partial charge >= 0.3 is 5.97 Å². The van der Waals surface area contributed by atoms with Crippen molar-refractivity contribution in [3.05, 3.63) is 18.2 Å². The molecular formula is C14H21N3O4S. The first kappa shape index (κ1) is 15.5. The first-order valence-corrected chi connectivity index (χ1v) is 9.20. The fraction of sp³-hybridized carbons (Fsp3) is 0.714. The zero-order valence-corrected chi connectivity index (χ0v) is 13.4. The Labute approximate surface area is 130 Å². The van der Waals surface area contributed by atoms with Gasteiger partial charge in [-0.2, -0.15) is 4.31 Å². The number of hydrogen-bond acceptors (Lipinski definition) is 5. The maximum Gasteiger partial charge on any atom is 0.308 e. The Morgan fingerprint density at radius 3 is 3.00 bits per heavy atom. The van der Waals surface area contributed by atoms with E-state index in [1.54, 1.807) is 16.7 Å². The Bertz CT molecular complexity index is 629. The number of piperidine rings is 1. The van der Waals surface area contributed by atoms with Crippen molar-refractivity contribution in [2.75, 3.05) is 19.4 Å². The maximum absolute atomic E-state index is 12.7. The Morgan fingerprint density at radius 1 is 1.50 bits per heavy atom. The predicted molar refractivity (Wildman–Crippen MR) is 79.3 cm³/mol. The van der Waals surface area contributed by atoms with E-state index >= 15 is 0 Å². The Hall–Kier alpha value is -1.41. The Balaban J connectivity index is 1.71. The standard InChI is InChI=1S/C14H21N3O4S/c1-21-14(18)11-8-10(11)9-22(19,20)17-7-3-2-4-12(17)13-15-5-6-16-13/h5-6,10-12H,2-4,7-9H2,1H3,(H,15,16)/t10-,11+,12?/m0/s1. The monoisotopic (exact) mass is 327 g/mol. The van der Waals surface area contributed by atoms with Gasteiger partial charge in [0, 0.05) is 18.9 Å². The van der Waals surface area contributed by atoms with E-state index in [1.807, 2.05) is 0 Å². The lowest BCUT2D eigenvalue weighted by atomic mass is 10.0. The fourth-order valence-corrected chi connectivity index (χ4v) is 5.31. The van der Waals surface area contributed by atoms with Crippen LogP contribution in [-0.2, 0) is 19.6 Å². The summed E-state index contributed by atoms with van der Waals surface area (Å²) >= 11 is 0. The van der Waals surface area contributed by atoms with E-state index < -0.39 is 10.0 Å². The number of carbonyl (C=O) groups is 1. The third-order valence-electron chi connectivity index (χ3n) is 4.50. The van der Waals surface area contributed by atoms with Crippen LogP contribution in [0.15, 0.2) is 12.4 Å². The van der Waals surface area contributed by atoms with Crippen molar-refractivity contribution in [2.24, 2.45) is 11.8 Å². The highest BCUT2D eigenvalue weighted by Gasteiger charge is 2.48. The smallest absolute Gasteiger partial charge is 0.308 e. The van der Waals surface area contributed by atoms with Crippen LogP contribution in [0.2, 0.25) is 0 Å². The maximum atomic E-state index is 12.7. The van der Waals surface area contributed by atoms with Gasteiger partial charge in [0.05, 0.1) is 24.8 Å². The highest BCUT2D eigenvalue weighted by molar-refractivity contribution is 7.89. The van der Waals surface area contributed by atoms with Crippen LogP contribution in [-0.4, -0.2) is 48.1 Å². The number of H-pyrrole nitrogens is 1. The molecule has 0 amide bonds. The van der Waals surface area contributed by atoms with Crippen molar-refractivity contribution < 1.29 is 17.9 Å². The number of nitrogens with one attached hydrogen (secondary N) is 1. The SMILES string of the molecule is COC(=O)[C@@H]1C[C@H]1CS(=O)(=O)N1CCCCC1c1ncc[nH]1. The summed E-state index contributed by atoms with van der Waals surface area (Å²) in [6.45, 7) is 0.517. The normalized spacial score (nSPS) is 29.2. The average Bonchev–Trinajstić information content (AvgIpc) is 3.05. The van der Waals surface area contributed by atoms with Crippen LogP contribution in [0, 0.1) is 11.8 Å². The highest BCUT2D eigenvalue weighted by atomic mass is 32.2. The molecule has 2 heterocycles. The zero-order chi connectivity index (χ0) is 15.7. The molecule has 7 nitrogen and oxygen atoms in total. The van der Waals surface area contributed by atoms with E-state index in [2.05, 4.69) is 14.7 Å². The number of aromatic amines is 1. The molecule has 1 aliphatic carbocycles. The van der Waals surface area contributed by atoms with Gasteiger partial charge in [0.25, 0.3) is 0 Å². The number of hydrogen-bond donors (Lipinski definition) is 1. The highest BCUT2D eigenvalue weighted by Crippen LogP contribution is 2.42. The third-order valence-corrected chi connectivity index (χ3v) is 6.50. The molecule has 22 heavy (non-hydrogen) atoms. The van der Waals surface area contributed by atoms with Gasteiger partial charge < -0.3 is 9.72 Å². The molecule has 1 aliphatic heterocycles. The molecule has 1 unspecified atom stereocenters. The van der Waals surface area contributed by atoms with E-state index in [1.165, 1.54) is 7.11 Å². The molecular weight excluding hydrogens is 306 g/mol. The first-order chi connectivity index (χ1) is 10.5. The summed E-state index contributed by atoms with van der Waals surface area (Å²) in [5, 5.41) is 0. The van der Waals surface area contributed by atoms with Crippen molar-refractivity contribution in [3.63, 3.8) is 0 Å². The minimum atomic E-state index is -3.40. The van der Waals surface area contributed by atoms with Crippen molar-refractivity contribution in [1.29, 1.82) is 0 Å². The van der Waals surface area contributed by atoms with Crippen molar-refractivity contribution >= 4 is 16.0 Å². The summed E-state index contributed by atoms with van der Waals surface area (Å²) in [5.74, 6) is 0.0394. The molecule has 2 fully saturated rings. The number of sulfonamides is 1. The second-order valence-electron chi connectivity index (χ2n) is 6.00.